The summed E-state index contributed by atoms with van der Waals surface area (Å²) in [5, 5.41) is 0.523. The van der Waals surface area contributed by atoms with Crippen LogP contribution in [0.3, 0.4) is 0 Å². The van der Waals surface area contributed by atoms with E-state index in [4.69, 9.17) is 14.5 Å². The molecule has 0 aliphatic heterocycles. The van der Waals surface area contributed by atoms with Crippen molar-refractivity contribution in [2.24, 2.45) is 5.92 Å². The number of aromatic amines is 1. The van der Waals surface area contributed by atoms with Crippen LogP contribution in [-0.2, 0) is 6.54 Å². The Bertz CT molecular complexity index is 840. The molecule has 0 spiro atoms. The third kappa shape index (κ3) is 3.23. The molecule has 2 aromatic rings. The molecule has 2 aliphatic carbocycles. The zero-order valence-corrected chi connectivity index (χ0v) is 15.0. The van der Waals surface area contributed by atoms with E-state index in [1.165, 1.54) is 25.7 Å². The Morgan fingerprint density at radius 3 is 2.48 bits per heavy atom. The number of rotatable bonds is 7. The second-order valence-electron chi connectivity index (χ2n) is 7.22. The van der Waals surface area contributed by atoms with E-state index in [2.05, 4.69) is 16.8 Å². The monoisotopic (exact) mass is 343 g/mol. The van der Waals surface area contributed by atoms with Crippen molar-refractivity contribution in [3.63, 3.8) is 0 Å². The Labute approximate surface area is 147 Å². The molecule has 1 N–H and O–H groups in total. The van der Waals surface area contributed by atoms with Crippen molar-refractivity contribution >= 4 is 10.9 Å². The van der Waals surface area contributed by atoms with E-state index in [9.17, 15) is 4.79 Å². The first-order chi connectivity index (χ1) is 12.1. The average molecular weight is 343 g/mol. The maximum atomic E-state index is 12.5. The third-order valence-electron chi connectivity index (χ3n) is 5.44. The average Bonchev–Trinajstić information content (AvgIpc) is 3.49. The molecular formula is C19H25N3O3. The quantitative estimate of drug-likeness (QED) is 0.837. The van der Waals surface area contributed by atoms with Crippen molar-refractivity contribution in [1.29, 1.82) is 0 Å². The molecule has 4 rings (SSSR count). The van der Waals surface area contributed by atoms with Gasteiger partial charge in [-0.3, -0.25) is 9.69 Å². The summed E-state index contributed by atoms with van der Waals surface area (Å²) in [4.78, 5) is 22.7. The van der Waals surface area contributed by atoms with Crippen molar-refractivity contribution in [3.8, 4) is 11.5 Å². The fourth-order valence-corrected chi connectivity index (χ4v) is 3.62. The predicted molar refractivity (Wildman–Crippen MR) is 96.2 cm³/mol. The normalized spacial score (nSPS) is 18.6. The largest absolute Gasteiger partial charge is 0.493 e. The van der Waals surface area contributed by atoms with Crippen LogP contribution in [0.25, 0.3) is 10.9 Å². The highest BCUT2D eigenvalue weighted by atomic mass is 16.5. The van der Waals surface area contributed by atoms with Crippen LogP contribution < -0.4 is 15.0 Å². The van der Waals surface area contributed by atoms with Crippen LogP contribution in [-0.4, -0.2) is 41.2 Å². The Morgan fingerprint density at radius 2 is 1.88 bits per heavy atom. The topological polar surface area (TPSA) is 67.5 Å². The van der Waals surface area contributed by atoms with Crippen LogP contribution in [0.15, 0.2) is 16.9 Å². The Morgan fingerprint density at radius 1 is 1.20 bits per heavy atom. The number of fused-ring (bicyclic) bond motifs is 1. The van der Waals surface area contributed by atoms with Gasteiger partial charge in [0.1, 0.15) is 5.82 Å². The first-order valence-corrected chi connectivity index (χ1v) is 9.01. The molecule has 134 valence electrons. The molecule has 1 aromatic carbocycles. The van der Waals surface area contributed by atoms with Gasteiger partial charge in [-0.25, -0.2) is 4.98 Å². The molecule has 1 heterocycles. The summed E-state index contributed by atoms with van der Waals surface area (Å²) >= 11 is 0. The van der Waals surface area contributed by atoms with Crippen molar-refractivity contribution in [2.75, 3.05) is 14.2 Å². The van der Waals surface area contributed by atoms with E-state index in [1.807, 2.05) is 0 Å². The standard InChI is InChI=1S/C19H25N3O3/c1-11(12-4-5-12)22(13-6-7-13)10-18-20-15-9-17(25-3)16(24-2)8-14(15)19(23)21-18/h8-9,11-13H,4-7,10H2,1-3H3,(H,20,21,23). The van der Waals surface area contributed by atoms with Gasteiger partial charge in [0.15, 0.2) is 11.5 Å². The summed E-state index contributed by atoms with van der Waals surface area (Å²) in [5.41, 5.74) is 0.516. The number of nitrogens with zero attached hydrogens (tertiary/aromatic N) is 2. The fourth-order valence-electron chi connectivity index (χ4n) is 3.62. The molecule has 0 bridgehead atoms. The van der Waals surface area contributed by atoms with Gasteiger partial charge in [0.05, 0.1) is 31.7 Å². The summed E-state index contributed by atoms with van der Waals surface area (Å²) < 4.78 is 10.6. The van der Waals surface area contributed by atoms with E-state index in [0.717, 1.165) is 11.7 Å². The molecule has 1 unspecified atom stereocenters. The highest BCUT2D eigenvalue weighted by Crippen LogP contribution is 2.40. The van der Waals surface area contributed by atoms with Crippen molar-refractivity contribution < 1.29 is 9.47 Å². The maximum Gasteiger partial charge on any atom is 0.258 e. The van der Waals surface area contributed by atoms with Crippen LogP contribution in [0, 0.1) is 5.92 Å². The minimum atomic E-state index is -0.129. The van der Waals surface area contributed by atoms with E-state index >= 15 is 0 Å². The minimum Gasteiger partial charge on any atom is -0.493 e. The molecular weight excluding hydrogens is 318 g/mol. The number of ether oxygens (including phenoxy) is 2. The van der Waals surface area contributed by atoms with Gasteiger partial charge in [-0.1, -0.05) is 0 Å². The molecule has 6 nitrogen and oxygen atoms in total. The molecule has 1 atom stereocenters. The van der Waals surface area contributed by atoms with Crippen LogP contribution in [0.5, 0.6) is 11.5 Å². The van der Waals surface area contributed by atoms with Gasteiger partial charge >= 0.3 is 0 Å². The first-order valence-electron chi connectivity index (χ1n) is 9.01. The zero-order valence-electron chi connectivity index (χ0n) is 15.0. The molecule has 1 aromatic heterocycles. The summed E-state index contributed by atoms with van der Waals surface area (Å²) in [6, 6.07) is 4.66. The maximum absolute atomic E-state index is 12.5. The summed E-state index contributed by atoms with van der Waals surface area (Å²) in [7, 11) is 3.15. The van der Waals surface area contributed by atoms with Crippen molar-refractivity contribution in [1.82, 2.24) is 14.9 Å². The Kier molecular flexibility index (Phi) is 4.15. The van der Waals surface area contributed by atoms with Crippen LogP contribution in [0.1, 0.15) is 38.4 Å². The van der Waals surface area contributed by atoms with Crippen molar-refractivity contribution in [3.05, 3.63) is 28.3 Å². The molecule has 2 saturated carbocycles. The zero-order chi connectivity index (χ0) is 17.6. The smallest absolute Gasteiger partial charge is 0.258 e. The highest BCUT2D eigenvalue weighted by molar-refractivity contribution is 5.81. The summed E-state index contributed by atoms with van der Waals surface area (Å²) in [6.45, 7) is 3.00. The molecule has 2 fully saturated rings. The van der Waals surface area contributed by atoms with Crippen LogP contribution in [0.4, 0.5) is 0 Å². The van der Waals surface area contributed by atoms with Gasteiger partial charge in [-0.15, -0.1) is 0 Å². The van der Waals surface area contributed by atoms with Gasteiger partial charge in [-0.05, 0) is 44.6 Å². The second kappa shape index (κ2) is 6.33. The van der Waals surface area contributed by atoms with Crippen molar-refractivity contribution in [2.45, 2.75) is 51.2 Å². The van der Waals surface area contributed by atoms with Gasteiger partial charge in [0.25, 0.3) is 5.56 Å². The molecule has 2 aliphatic rings. The fraction of sp³-hybridized carbons (Fsp3) is 0.579. The SMILES string of the molecule is COc1cc2nc(CN(C3CC3)C(C)C3CC3)[nH]c(=O)c2cc1OC. The number of aromatic nitrogens is 2. The minimum absolute atomic E-state index is 0.129. The predicted octanol–water partition coefficient (Wildman–Crippen LogP) is 2.70. The number of benzene rings is 1. The Balaban J connectivity index is 1.68. The number of nitrogens with one attached hydrogen (secondary N) is 1. The molecule has 0 amide bonds. The number of hydrogen-bond acceptors (Lipinski definition) is 5. The summed E-state index contributed by atoms with van der Waals surface area (Å²) in [5.74, 6) is 2.66. The Hall–Kier alpha value is -2.08. The summed E-state index contributed by atoms with van der Waals surface area (Å²) in [6.07, 6.45) is 5.14. The van der Waals surface area contributed by atoms with E-state index in [-0.39, 0.29) is 5.56 Å². The van der Waals surface area contributed by atoms with Gasteiger partial charge in [0.2, 0.25) is 0 Å². The molecule has 0 saturated heterocycles. The van der Waals surface area contributed by atoms with E-state index in [0.29, 0.717) is 41.0 Å². The van der Waals surface area contributed by atoms with E-state index in [1.54, 1.807) is 26.4 Å². The van der Waals surface area contributed by atoms with E-state index < -0.39 is 0 Å². The molecule has 0 radical (unpaired) electrons. The number of H-pyrrole nitrogens is 1. The lowest BCUT2D eigenvalue weighted by molar-refractivity contribution is 0.166. The lowest BCUT2D eigenvalue weighted by Crippen LogP contribution is -2.37. The van der Waals surface area contributed by atoms with Crippen LogP contribution in [0.2, 0.25) is 0 Å². The second-order valence-corrected chi connectivity index (χ2v) is 7.22. The molecule has 6 heteroatoms. The number of hydrogen-bond donors (Lipinski definition) is 1. The molecule has 25 heavy (non-hydrogen) atoms. The van der Waals surface area contributed by atoms with Crippen LogP contribution >= 0.6 is 0 Å². The van der Waals surface area contributed by atoms with Gasteiger partial charge in [-0.2, -0.15) is 0 Å². The lowest BCUT2D eigenvalue weighted by Gasteiger charge is -2.28. The third-order valence-corrected chi connectivity index (χ3v) is 5.44. The lowest BCUT2D eigenvalue weighted by atomic mass is 10.1. The first kappa shape index (κ1) is 16.4. The number of methoxy groups -OCH3 is 2. The van der Waals surface area contributed by atoms with Gasteiger partial charge in [0, 0.05) is 18.2 Å². The van der Waals surface area contributed by atoms with Gasteiger partial charge < -0.3 is 14.5 Å². The highest BCUT2D eigenvalue weighted by Gasteiger charge is 2.39.